The summed E-state index contributed by atoms with van der Waals surface area (Å²) in [4.78, 5) is 12.2. The summed E-state index contributed by atoms with van der Waals surface area (Å²) in [6, 6.07) is 10.1. The number of hydrogen-bond donors (Lipinski definition) is 3. The highest BCUT2D eigenvalue weighted by Crippen LogP contribution is 2.24. The molecule has 0 bridgehead atoms. The molecule has 1 amide bonds. The summed E-state index contributed by atoms with van der Waals surface area (Å²) in [7, 11) is 0. The Hall–Kier alpha value is -1.10. The van der Waals surface area contributed by atoms with Crippen LogP contribution in [0.1, 0.15) is 44.1 Å². The van der Waals surface area contributed by atoms with Gasteiger partial charge in [0.05, 0.1) is 0 Å². The first-order valence-electron chi connectivity index (χ1n) is 8.84. The summed E-state index contributed by atoms with van der Waals surface area (Å²) in [5, 5.41) is 15.7. The van der Waals surface area contributed by atoms with Crippen LogP contribution in [-0.4, -0.2) is 37.3 Å². The fraction of sp³-hybridized carbons (Fsp3) is 0.632. The fourth-order valence-corrected chi connectivity index (χ4v) is 3.45. The maximum Gasteiger partial charge on any atom is 0.220 e. The summed E-state index contributed by atoms with van der Waals surface area (Å²) < 4.78 is 0. The Labute approximate surface area is 151 Å². The number of rotatable bonds is 8. The minimum atomic E-state index is 0. The van der Waals surface area contributed by atoms with Gasteiger partial charge < -0.3 is 15.7 Å². The van der Waals surface area contributed by atoms with Crippen LogP contribution in [0, 0.1) is 11.8 Å². The maximum absolute atomic E-state index is 12.2. The van der Waals surface area contributed by atoms with Gasteiger partial charge in [0.15, 0.2) is 0 Å². The molecular formula is C19H31ClN2O2. The van der Waals surface area contributed by atoms with Gasteiger partial charge in [-0.05, 0) is 49.8 Å². The predicted octanol–water partition coefficient (Wildman–Crippen LogP) is 2.72. The van der Waals surface area contributed by atoms with Crippen LogP contribution in [-0.2, 0) is 4.79 Å². The molecule has 1 saturated heterocycles. The molecule has 1 fully saturated rings. The number of benzene rings is 1. The third-order valence-corrected chi connectivity index (χ3v) is 4.99. The zero-order valence-corrected chi connectivity index (χ0v) is 15.4. The largest absolute Gasteiger partial charge is 0.396 e. The van der Waals surface area contributed by atoms with Crippen LogP contribution in [0.5, 0.6) is 0 Å². The summed E-state index contributed by atoms with van der Waals surface area (Å²) in [6.07, 6.45) is 3.62. The van der Waals surface area contributed by atoms with Crippen LogP contribution in [0.25, 0.3) is 0 Å². The Balaban J connectivity index is 0.00000288. The van der Waals surface area contributed by atoms with Crippen molar-refractivity contribution in [3.8, 4) is 0 Å². The molecular weight excluding hydrogens is 324 g/mol. The molecule has 1 aromatic rings. The number of aliphatic hydroxyl groups is 1. The van der Waals surface area contributed by atoms with Crippen LogP contribution in [0.15, 0.2) is 30.3 Å². The van der Waals surface area contributed by atoms with Crippen molar-refractivity contribution >= 4 is 18.3 Å². The van der Waals surface area contributed by atoms with Crippen LogP contribution in [0.2, 0.25) is 0 Å². The van der Waals surface area contributed by atoms with E-state index in [4.69, 9.17) is 0 Å². The molecule has 0 aromatic heterocycles. The molecule has 136 valence electrons. The molecule has 0 spiro atoms. The lowest BCUT2D eigenvalue weighted by Gasteiger charge is -2.28. The molecule has 24 heavy (non-hydrogen) atoms. The average molecular weight is 355 g/mol. The minimum absolute atomic E-state index is 0. The number of halogens is 1. The molecule has 1 aromatic carbocycles. The summed E-state index contributed by atoms with van der Waals surface area (Å²) >= 11 is 0. The van der Waals surface area contributed by atoms with E-state index in [1.807, 2.05) is 18.2 Å². The van der Waals surface area contributed by atoms with Gasteiger partial charge in [-0.15, -0.1) is 12.4 Å². The first-order valence-corrected chi connectivity index (χ1v) is 8.84. The topological polar surface area (TPSA) is 61.4 Å². The number of amides is 1. The molecule has 2 unspecified atom stereocenters. The van der Waals surface area contributed by atoms with E-state index >= 15 is 0 Å². The van der Waals surface area contributed by atoms with Gasteiger partial charge >= 0.3 is 0 Å². The third-order valence-electron chi connectivity index (χ3n) is 4.99. The highest BCUT2D eigenvalue weighted by atomic mass is 35.5. The molecule has 0 saturated carbocycles. The Morgan fingerprint density at radius 2 is 1.96 bits per heavy atom. The van der Waals surface area contributed by atoms with Crippen LogP contribution in [0.4, 0.5) is 0 Å². The van der Waals surface area contributed by atoms with E-state index in [9.17, 15) is 9.90 Å². The number of hydrogen-bond acceptors (Lipinski definition) is 3. The number of piperidine rings is 1. The van der Waals surface area contributed by atoms with E-state index in [1.54, 1.807) is 0 Å². The first-order chi connectivity index (χ1) is 11.2. The standard InChI is InChI=1S/C19H30N2O2.ClH/c1-15(16-7-10-20-11-8-16)13-19(23)21-14-18(9-12-22)17-5-3-2-4-6-17;/h2-6,15-16,18,20,22H,7-14H2,1H3,(H,21,23);1H. The van der Waals surface area contributed by atoms with Crippen molar-refractivity contribution in [2.45, 2.75) is 38.5 Å². The summed E-state index contributed by atoms with van der Waals surface area (Å²) in [6.45, 7) is 5.08. The van der Waals surface area contributed by atoms with Gasteiger partial charge in [-0.2, -0.15) is 0 Å². The molecule has 1 heterocycles. The molecule has 0 radical (unpaired) electrons. The average Bonchev–Trinajstić information content (AvgIpc) is 2.60. The van der Waals surface area contributed by atoms with Gasteiger partial charge in [0.25, 0.3) is 0 Å². The molecule has 4 nitrogen and oxygen atoms in total. The van der Waals surface area contributed by atoms with E-state index in [-0.39, 0.29) is 30.8 Å². The SMILES string of the molecule is CC(CC(=O)NCC(CCO)c1ccccc1)C1CCNCC1.Cl. The van der Waals surface area contributed by atoms with Crippen LogP contribution in [0.3, 0.4) is 0 Å². The van der Waals surface area contributed by atoms with Crippen molar-refractivity contribution in [3.05, 3.63) is 35.9 Å². The lowest BCUT2D eigenvalue weighted by atomic mass is 9.84. The molecule has 0 aliphatic carbocycles. The van der Waals surface area contributed by atoms with E-state index in [2.05, 4.69) is 29.7 Å². The molecule has 2 atom stereocenters. The second kappa shape index (κ2) is 11.5. The highest BCUT2D eigenvalue weighted by molar-refractivity contribution is 5.85. The molecule has 1 aliphatic rings. The molecule has 1 aliphatic heterocycles. The summed E-state index contributed by atoms with van der Waals surface area (Å²) in [5.41, 5.74) is 1.17. The van der Waals surface area contributed by atoms with Crippen LogP contribution >= 0.6 is 12.4 Å². The zero-order valence-electron chi connectivity index (χ0n) is 14.5. The molecule has 2 rings (SSSR count). The van der Waals surface area contributed by atoms with E-state index < -0.39 is 0 Å². The highest BCUT2D eigenvalue weighted by Gasteiger charge is 2.22. The molecule has 3 N–H and O–H groups in total. The van der Waals surface area contributed by atoms with E-state index in [1.165, 1.54) is 18.4 Å². The minimum Gasteiger partial charge on any atom is -0.396 e. The van der Waals surface area contributed by atoms with Gasteiger partial charge in [-0.3, -0.25) is 4.79 Å². The second-order valence-electron chi connectivity index (χ2n) is 6.69. The Bertz CT molecular complexity index is 464. The predicted molar refractivity (Wildman–Crippen MR) is 101 cm³/mol. The van der Waals surface area contributed by atoms with Crippen LogP contribution < -0.4 is 10.6 Å². The van der Waals surface area contributed by atoms with Crippen molar-refractivity contribution in [2.75, 3.05) is 26.2 Å². The van der Waals surface area contributed by atoms with Crippen molar-refractivity contribution in [1.29, 1.82) is 0 Å². The van der Waals surface area contributed by atoms with Gasteiger partial charge in [0, 0.05) is 25.5 Å². The van der Waals surface area contributed by atoms with E-state index in [0.29, 0.717) is 31.2 Å². The molecule has 5 heteroatoms. The lowest BCUT2D eigenvalue weighted by Crippen LogP contribution is -2.34. The normalized spacial score (nSPS) is 17.6. The van der Waals surface area contributed by atoms with Gasteiger partial charge in [0.1, 0.15) is 0 Å². The Morgan fingerprint density at radius 1 is 1.29 bits per heavy atom. The monoisotopic (exact) mass is 354 g/mol. The second-order valence-corrected chi connectivity index (χ2v) is 6.69. The summed E-state index contributed by atoms with van der Waals surface area (Å²) in [5.74, 6) is 1.41. The van der Waals surface area contributed by atoms with Crippen molar-refractivity contribution in [3.63, 3.8) is 0 Å². The third kappa shape index (κ3) is 6.80. The number of aliphatic hydroxyl groups excluding tert-OH is 1. The van der Waals surface area contributed by atoms with Gasteiger partial charge in [-0.1, -0.05) is 37.3 Å². The van der Waals surface area contributed by atoms with Gasteiger partial charge in [0.2, 0.25) is 5.91 Å². The quantitative estimate of drug-likeness (QED) is 0.672. The van der Waals surface area contributed by atoms with Gasteiger partial charge in [-0.25, -0.2) is 0 Å². The zero-order chi connectivity index (χ0) is 16.5. The fourth-order valence-electron chi connectivity index (χ4n) is 3.45. The van der Waals surface area contributed by atoms with Crippen molar-refractivity contribution in [1.82, 2.24) is 10.6 Å². The number of nitrogens with one attached hydrogen (secondary N) is 2. The lowest BCUT2D eigenvalue weighted by molar-refractivity contribution is -0.122. The first kappa shape index (κ1) is 20.9. The Morgan fingerprint density at radius 3 is 2.58 bits per heavy atom. The Kier molecular flexibility index (Phi) is 9.99. The smallest absolute Gasteiger partial charge is 0.220 e. The maximum atomic E-state index is 12.2. The van der Waals surface area contributed by atoms with Crippen molar-refractivity contribution < 1.29 is 9.90 Å². The number of carbonyl (C=O) groups is 1. The van der Waals surface area contributed by atoms with Crippen molar-refractivity contribution in [2.24, 2.45) is 11.8 Å². The van der Waals surface area contributed by atoms with E-state index in [0.717, 1.165) is 13.1 Å². The number of carbonyl (C=O) groups excluding carboxylic acids is 1.